The molecule has 6 nitrogen and oxygen atoms in total. The van der Waals surface area contributed by atoms with Crippen molar-refractivity contribution in [1.82, 2.24) is 15.1 Å². The van der Waals surface area contributed by atoms with Gasteiger partial charge in [-0.05, 0) is 24.6 Å². The highest BCUT2D eigenvalue weighted by atomic mass is 16.4. The second kappa shape index (κ2) is 6.69. The van der Waals surface area contributed by atoms with Gasteiger partial charge in [-0.25, -0.2) is 0 Å². The Hall–Kier alpha value is -2.63. The maximum absolute atomic E-state index is 12.3. The Morgan fingerprint density at radius 1 is 1.33 bits per heavy atom. The Labute approximate surface area is 122 Å². The summed E-state index contributed by atoms with van der Waals surface area (Å²) in [6.45, 7) is 2.16. The third kappa shape index (κ3) is 4.17. The minimum absolute atomic E-state index is 0.104. The van der Waals surface area contributed by atoms with Gasteiger partial charge in [0.15, 0.2) is 0 Å². The molecule has 21 heavy (non-hydrogen) atoms. The van der Waals surface area contributed by atoms with Crippen LogP contribution in [0.2, 0.25) is 0 Å². The molecule has 110 valence electrons. The predicted molar refractivity (Wildman–Crippen MR) is 77.0 cm³/mol. The number of carbonyl (C=O) groups is 2. The number of nitrogens with one attached hydrogen (secondary N) is 1. The summed E-state index contributed by atoms with van der Waals surface area (Å²) in [6, 6.07) is 8.62. The second-order valence-corrected chi connectivity index (χ2v) is 4.83. The Bertz CT molecular complexity index is 623. The molecule has 1 atom stereocenters. The van der Waals surface area contributed by atoms with Gasteiger partial charge in [0.25, 0.3) is 5.91 Å². The number of benzene rings is 1. The molecule has 0 fully saturated rings. The van der Waals surface area contributed by atoms with E-state index in [-0.39, 0.29) is 12.3 Å². The number of nitrogens with zero attached hydrogens (tertiary/aromatic N) is 2. The first kappa shape index (κ1) is 14.8. The normalized spacial score (nSPS) is 11.9. The average molecular weight is 287 g/mol. The smallest absolute Gasteiger partial charge is 0.305 e. The molecule has 2 aromatic rings. The van der Waals surface area contributed by atoms with Gasteiger partial charge in [0.05, 0.1) is 13.0 Å². The van der Waals surface area contributed by atoms with Crippen LogP contribution in [-0.4, -0.2) is 32.8 Å². The highest BCUT2D eigenvalue weighted by Gasteiger charge is 2.15. The van der Waals surface area contributed by atoms with Crippen LogP contribution >= 0.6 is 0 Å². The Morgan fingerprint density at radius 3 is 2.76 bits per heavy atom. The molecule has 2 rings (SSSR count). The average Bonchev–Trinajstić information content (AvgIpc) is 2.91. The van der Waals surface area contributed by atoms with E-state index in [2.05, 4.69) is 10.4 Å². The molecule has 0 aliphatic heterocycles. The topological polar surface area (TPSA) is 84.2 Å². The van der Waals surface area contributed by atoms with Crippen molar-refractivity contribution in [3.63, 3.8) is 0 Å². The van der Waals surface area contributed by atoms with E-state index in [1.54, 1.807) is 29.9 Å². The van der Waals surface area contributed by atoms with Crippen LogP contribution in [0.3, 0.4) is 0 Å². The summed E-state index contributed by atoms with van der Waals surface area (Å²) >= 11 is 0. The van der Waals surface area contributed by atoms with Gasteiger partial charge >= 0.3 is 5.97 Å². The van der Waals surface area contributed by atoms with Crippen LogP contribution in [0.5, 0.6) is 0 Å². The first-order chi connectivity index (χ1) is 10.1. The maximum atomic E-state index is 12.3. The van der Waals surface area contributed by atoms with Crippen molar-refractivity contribution in [2.24, 2.45) is 0 Å². The number of carbonyl (C=O) groups excluding carboxylic acids is 1. The van der Waals surface area contributed by atoms with E-state index in [9.17, 15) is 9.59 Å². The van der Waals surface area contributed by atoms with E-state index in [1.165, 1.54) is 0 Å². The third-order valence-electron chi connectivity index (χ3n) is 3.01. The third-order valence-corrected chi connectivity index (χ3v) is 3.01. The van der Waals surface area contributed by atoms with E-state index >= 15 is 0 Å². The molecule has 6 heteroatoms. The zero-order chi connectivity index (χ0) is 15.2. The standard InChI is InChI=1S/C15H17N3O3/c1-11(9-14(19)20)17-15(21)13-6-3-2-5-12(13)10-18-8-4-7-16-18/h2-8,11H,9-10H2,1H3,(H,17,21)(H,19,20). The minimum atomic E-state index is -0.937. The van der Waals surface area contributed by atoms with Crippen LogP contribution in [0.15, 0.2) is 42.7 Å². The predicted octanol–water partition coefficient (Wildman–Crippen LogP) is 1.52. The Kier molecular flexibility index (Phi) is 4.71. The van der Waals surface area contributed by atoms with Crippen molar-refractivity contribution >= 4 is 11.9 Å². The Balaban J connectivity index is 2.11. The van der Waals surface area contributed by atoms with Gasteiger partial charge in [-0.3, -0.25) is 14.3 Å². The van der Waals surface area contributed by atoms with Gasteiger partial charge in [-0.15, -0.1) is 0 Å². The summed E-state index contributed by atoms with van der Waals surface area (Å²) in [5.41, 5.74) is 1.37. The molecule has 2 N–H and O–H groups in total. The van der Waals surface area contributed by atoms with Crippen molar-refractivity contribution < 1.29 is 14.7 Å². The van der Waals surface area contributed by atoms with Gasteiger partial charge in [0.1, 0.15) is 0 Å². The summed E-state index contributed by atoms with van der Waals surface area (Å²) < 4.78 is 1.73. The molecule has 0 saturated heterocycles. The number of rotatable bonds is 6. The molecule has 1 heterocycles. The van der Waals surface area contributed by atoms with E-state index in [4.69, 9.17) is 5.11 Å². The van der Waals surface area contributed by atoms with E-state index in [0.29, 0.717) is 12.1 Å². The summed E-state index contributed by atoms with van der Waals surface area (Å²) in [6.07, 6.45) is 3.40. The number of hydrogen-bond donors (Lipinski definition) is 2. The molecule has 1 aromatic heterocycles. The van der Waals surface area contributed by atoms with Crippen molar-refractivity contribution in [1.29, 1.82) is 0 Å². The van der Waals surface area contributed by atoms with Crippen molar-refractivity contribution in [3.05, 3.63) is 53.9 Å². The lowest BCUT2D eigenvalue weighted by Crippen LogP contribution is -2.34. The zero-order valence-corrected chi connectivity index (χ0v) is 11.7. The van der Waals surface area contributed by atoms with Crippen LogP contribution in [0, 0.1) is 0 Å². The van der Waals surface area contributed by atoms with Gasteiger partial charge in [-0.2, -0.15) is 5.10 Å². The van der Waals surface area contributed by atoms with Crippen molar-refractivity contribution in [3.8, 4) is 0 Å². The first-order valence-electron chi connectivity index (χ1n) is 6.64. The maximum Gasteiger partial charge on any atom is 0.305 e. The number of aromatic nitrogens is 2. The number of aliphatic carboxylic acids is 1. The minimum Gasteiger partial charge on any atom is -0.481 e. The van der Waals surface area contributed by atoms with Crippen LogP contribution in [0.25, 0.3) is 0 Å². The molecular formula is C15H17N3O3. The van der Waals surface area contributed by atoms with Crippen LogP contribution < -0.4 is 5.32 Å². The SMILES string of the molecule is CC(CC(=O)O)NC(=O)c1ccccc1Cn1cccn1. The molecule has 0 saturated carbocycles. The molecule has 0 spiro atoms. The number of hydrogen-bond acceptors (Lipinski definition) is 3. The fourth-order valence-electron chi connectivity index (χ4n) is 2.06. The molecule has 0 aliphatic rings. The summed E-state index contributed by atoms with van der Waals surface area (Å²) in [5, 5.41) is 15.5. The van der Waals surface area contributed by atoms with Crippen LogP contribution in [-0.2, 0) is 11.3 Å². The highest BCUT2D eigenvalue weighted by molar-refractivity contribution is 5.96. The van der Waals surface area contributed by atoms with Crippen molar-refractivity contribution in [2.45, 2.75) is 25.9 Å². The first-order valence-corrected chi connectivity index (χ1v) is 6.64. The molecule has 0 aliphatic carbocycles. The summed E-state index contributed by atoms with van der Waals surface area (Å²) in [7, 11) is 0. The quantitative estimate of drug-likeness (QED) is 0.843. The number of amides is 1. The number of carboxylic acids is 1. The van der Waals surface area contributed by atoms with E-state index < -0.39 is 12.0 Å². The lowest BCUT2D eigenvalue weighted by Gasteiger charge is -2.14. The van der Waals surface area contributed by atoms with Crippen LogP contribution in [0.1, 0.15) is 29.3 Å². The second-order valence-electron chi connectivity index (χ2n) is 4.83. The molecule has 0 radical (unpaired) electrons. The fraction of sp³-hybridized carbons (Fsp3) is 0.267. The van der Waals surface area contributed by atoms with E-state index in [0.717, 1.165) is 5.56 Å². The molecule has 1 aromatic carbocycles. The molecule has 0 bridgehead atoms. The molecule has 1 unspecified atom stereocenters. The van der Waals surface area contributed by atoms with Crippen molar-refractivity contribution in [2.75, 3.05) is 0 Å². The van der Waals surface area contributed by atoms with Gasteiger partial charge in [0, 0.05) is 24.0 Å². The van der Waals surface area contributed by atoms with E-state index in [1.807, 2.05) is 24.4 Å². The lowest BCUT2D eigenvalue weighted by atomic mass is 10.1. The lowest BCUT2D eigenvalue weighted by molar-refractivity contribution is -0.137. The molecule has 1 amide bonds. The van der Waals surface area contributed by atoms with Gasteiger partial charge < -0.3 is 10.4 Å². The monoisotopic (exact) mass is 287 g/mol. The largest absolute Gasteiger partial charge is 0.481 e. The number of carboxylic acid groups (broad SMARTS) is 1. The van der Waals surface area contributed by atoms with Gasteiger partial charge in [0.2, 0.25) is 0 Å². The Morgan fingerprint density at radius 2 is 2.10 bits per heavy atom. The summed E-state index contributed by atoms with van der Waals surface area (Å²) in [4.78, 5) is 22.9. The highest BCUT2D eigenvalue weighted by Crippen LogP contribution is 2.11. The van der Waals surface area contributed by atoms with Gasteiger partial charge in [-0.1, -0.05) is 18.2 Å². The molecular weight excluding hydrogens is 270 g/mol. The van der Waals surface area contributed by atoms with Crippen LogP contribution in [0.4, 0.5) is 0 Å². The fourth-order valence-corrected chi connectivity index (χ4v) is 2.06. The zero-order valence-electron chi connectivity index (χ0n) is 11.7. The summed E-state index contributed by atoms with van der Waals surface area (Å²) in [5.74, 6) is -1.21.